The Hall–Kier alpha value is -6.07. The van der Waals surface area contributed by atoms with Crippen LogP contribution < -0.4 is 20.7 Å². The first-order chi connectivity index (χ1) is 32.2. The number of rotatable bonds is 2. The second-order valence-corrected chi connectivity index (χ2v) is 30.5. The summed E-state index contributed by atoms with van der Waals surface area (Å²) in [7, 11) is -3.92. The number of hydrogen-bond acceptors (Lipinski definition) is 0. The zero-order chi connectivity index (χ0) is 44.2. The van der Waals surface area contributed by atoms with Gasteiger partial charge in [0.1, 0.15) is 16.1 Å². The lowest BCUT2D eigenvalue weighted by atomic mass is 9.72. The molecule has 0 unspecified atom stereocenters. The minimum Gasteiger partial charge on any atom is -0.0623 e. The van der Waals surface area contributed by atoms with E-state index in [9.17, 15) is 0 Å². The highest BCUT2D eigenvalue weighted by atomic mass is 28.3. The molecule has 4 aliphatic rings. The van der Waals surface area contributed by atoms with Crippen molar-refractivity contribution in [3.8, 4) is 22.3 Å². The van der Waals surface area contributed by atoms with Gasteiger partial charge < -0.3 is 0 Å². The molecule has 0 amide bonds. The van der Waals surface area contributed by atoms with Crippen molar-refractivity contribution < 1.29 is 0 Å². The van der Waals surface area contributed by atoms with Crippen molar-refractivity contribution in [3.05, 3.63) is 192 Å². The quantitative estimate of drug-likeness (QED) is 0.120. The summed E-state index contributed by atoms with van der Waals surface area (Å²) in [6.07, 6.45) is 10.3. The van der Waals surface area contributed by atoms with E-state index in [-0.39, 0.29) is 10.8 Å². The first-order valence-electron chi connectivity index (χ1n) is 24.9. The monoisotopic (exact) mass is 880 g/mol. The Balaban J connectivity index is 1.00. The molecule has 14 rings (SSSR count). The summed E-state index contributed by atoms with van der Waals surface area (Å²) >= 11 is 0. The standard InChI is InChI=1S/C64H56Si2/c1-65(2)57-23-11-9-21-53(57)63(33-13-14-34-63)55-31-27-43(39-59(55)65)41-25-29-47-45-17-5-8-20-50(45)62-52-38-42(26-30-48(52)46-18-6-7-19-49(46)61(62)51(47)37-41)44-28-32-56-60(40-44)66(3,4)58-24-12-10-22-54(58)64(56)35-15-16-36-64/h5-12,17-32,37-40H,13-16,33-36H2,1-4H3. The average molecular weight is 881 g/mol. The van der Waals surface area contributed by atoms with E-state index in [0.29, 0.717) is 0 Å². The molecule has 2 heteroatoms. The summed E-state index contributed by atoms with van der Waals surface area (Å²) in [4.78, 5) is 0. The molecule has 10 aromatic rings. The van der Waals surface area contributed by atoms with E-state index in [1.165, 1.54) is 127 Å². The van der Waals surface area contributed by atoms with E-state index in [1.807, 2.05) is 0 Å². The van der Waals surface area contributed by atoms with Crippen LogP contribution in [0.3, 0.4) is 0 Å². The molecule has 0 saturated heterocycles. The smallest absolute Gasteiger partial charge is 0.0623 e. The van der Waals surface area contributed by atoms with E-state index in [2.05, 4.69) is 196 Å². The molecule has 10 aromatic carbocycles. The van der Waals surface area contributed by atoms with Crippen molar-refractivity contribution >= 4 is 90.8 Å². The molecular formula is C64H56Si2. The van der Waals surface area contributed by atoms with Gasteiger partial charge in [0.15, 0.2) is 0 Å². The molecule has 2 fully saturated rings. The number of benzene rings is 10. The fourth-order valence-corrected chi connectivity index (χ4v) is 21.5. The Morgan fingerprint density at radius 1 is 0.288 bits per heavy atom. The first-order valence-corrected chi connectivity index (χ1v) is 30.9. The van der Waals surface area contributed by atoms with Crippen LogP contribution in [0.25, 0.3) is 76.1 Å². The Morgan fingerprint density at radius 2 is 0.606 bits per heavy atom. The summed E-state index contributed by atoms with van der Waals surface area (Å²) < 4.78 is 0. The zero-order valence-corrected chi connectivity index (χ0v) is 40.8. The molecule has 0 N–H and O–H groups in total. The lowest BCUT2D eigenvalue weighted by Gasteiger charge is -2.45. The van der Waals surface area contributed by atoms with Gasteiger partial charge in [0, 0.05) is 10.8 Å². The molecule has 66 heavy (non-hydrogen) atoms. The third-order valence-electron chi connectivity index (χ3n) is 18.0. The van der Waals surface area contributed by atoms with Crippen LogP contribution >= 0.6 is 0 Å². The van der Waals surface area contributed by atoms with Gasteiger partial charge in [0.05, 0.1) is 0 Å². The highest BCUT2D eigenvalue weighted by Crippen LogP contribution is 2.51. The van der Waals surface area contributed by atoms with Crippen LogP contribution in [-0.4, -0.2) is 16.1 Å². The Bertz CT molecular complexity index is 3480. The minimum absolute atomic E-state index is 0.158. The topological polar surface area (TPSA) is 0 Å². The van der Waals surface area contributed by atoms with Crippen molar-refractivity contribution in [3.63, 3.8) is 0 Å². The maximum atomic E-state index is 2.64. The molecule has 0 radical (unpaired) electrons. The SMILES string of the molecule is C[Si]1(C)c2ccccc2C2(CCCC2)c2ccc(-c3ccc4c5ccccc5c5c6cc(-c7ccc8c(c7)[Si](C)(C)c7ccccc7C87CCCC7)ccc6c6ccccc6c5c4c3)cc21. The maximum Gasteiger partial charge on any atom is 0.113 e. The lowest BCUT2D eigenvalue weighted by molar-refractivity contribution is 0.538. The van der Waals surface area contributed by atoms with Gasteiger partial charge in [0.2, 0.25) is 0 Å². The number of fused-ring (bicyclic) bond motifs is 19. The van der Waals surface area contributed by atoms with E-state index < -0.39 is 16.1 Å². The van der Waals surface area contributed by atoms with Crippen molar-refractivity contribution in [2.75, 3.05) is 0 Å². The van der Waals surface area contributed by atoms with Gasteiger partial charge in [-0.25, -0.2) is 0 Å². The van der Waals surface area contributed by atoms with Gasteiger partial charge in [-0.1, -0.05) is 220 Å². The normalized spacial score (nSPS) is 18.3. The fourth-order valence-electron chi connectivity index (χ4n) is 14.9. The molecule has 0 bridgehead atoms. The third-order valence-corrected chi connectivity index (χ3v) is 25.1. The molecule has 2 spiro atoms. The Morgan fingerprint density at radius 3 is 1.03 bits per heavy atom. The predicted molar refractivity (Wildman–Crippen MR) is 290 cm³/mol. The molecule has 2 saturated carbocycles. The van der Waals surface area contributed by atoms with Gasteiger partial charge in [0.25, 0.3) is 0 Å². The summed E-state index contributed by atoms with van der Waals surface area (Å²) in [5, 5.41) is 20.0. The Kier molecular flexibility index (Phi) is 8.15. The van der Waals surface area contributed by atoms with Crippen molar-refractivity contribution in [1.82, 2.24) is 0 Å². The van der Waals surface area contributed by atoms with Gasteiger partial charge in [-0.3, -0.25) is 0 Å². The van der Waals surface area contributed by atoms with E-state index in [1.54, 1.807) is 43.0 Å². The largest absolute Gasteiger partial charge is 0.113 e. The van der Waals surface area contributed by atoms with Gasteiger partial charge in [-0.05, 0) is 147 Å². The Labute approximate surface area is 391 Å². The van der Waals surface area contributed by atoms with Gasteiger partial charge >= 0.3 is 0 Å². The van der Waals surface area contributed by atoms with Crippen LogP contribution in [0.5, 0.6) is 0 Å². The summed E-state index contributed by atoms with van der Waals surface area (Å²) in [5.41, 5.74) is 12.1. The lowest BCUT2D eigenvalue weighted by Crippen LogP contribution is -2.62. The average Bonchev–Trinajstić information content (AvgIpc) is 4.07. The molecule has 320 valence electrons. The highest BCUT2D eigenvalue weighted by Gasteiger charge is 2.50. The molecule has 0 atom stereocenters. The fraction of sp³-hybridized carbons (Fsp3) is 0.219. The van der Waals surface area contributed by atoms with Crippen LogP contribution in [0.2, 0.25) is 26.2 Å². The number of hydrogen-bond donors (Lipinski definition) is 0. The summed E-state index contributed by atoms with van der Waals surface area (Å²) in [6.45, 7) is 10.4. The molecule has 2 aliphatic carbocycles. The first kappa shape index (κ1) is 39.1. The molecule has 0 aromatic heterocycles. The second-order valence-electron chi connectivity index (χ2n) is 21.8. The minimum atomic E-state index is -1.96. The van der Waals surface area contributed by atoms with Crippen LogP contribution in [0.1, 0.15) is 73.6 Å². The van der Waals surface area contributed by atoms with Crippen molar-refractivity contribution in [2.24, 2.45) is 0 Å². The maximum absolute atomic E-state index is 2.64. The van der Waals surface area contributed by atoms with E-state index in [0.717, 1.165) is 0 Å². The molecular weight excluding hydrogens is 825 g/mol. The van der Waals surface area contributed by atoms with E-state index >= 15 is 0 Å². The van der Waals surface area contributed by atoms with Crippen LogP contribution in [0.4, 0.5) is 0 Å². The van der Waals surface area contributed by atoms with Crippen molar-refractivity contribution in [2.45, 2.75) is 88.4 Å². The van der Waals surface area contributed by atoms with Gasteiger partial charge in [-0.15, -0.1) is 0 Å². The summed E-state index contributed by atoms with van der Waals surface area (Å²) in [6, 6.07) is 67.6. The highest BCUT2D eigenvalue weighted by molar-refractivity contribution is 7.02. The van der Waals surface area contributed by atoms with Gasteiger partial charge in [-0.2, -0.15) is 0 Å². The predicted octanol–water partition coefficient (Wildman–Crippen LogP) is 14.8. The molecule has 2 aliphatic heterocycles. The van der Waals surface area contributed by atoms with Crippen LogP contribution in [0, 0.1) is 0 Å². The van der Waals surface area contributed by atoms with Crippen LogP contribution in [0.15, 0.2) is 170 Å². The van der Waals surface area contributed by atoms with Crippen LogP contribution in [-0.2, 0) is 10.8 Å². The van der Waals surface area contributed by atoms with E-state index in [4.69, 9.17) is 0 Å². The zero-order valence-electron chi connectivity index (χ0n) is 38.8. The summed E-state index contributed by atoms with van der Waals surface area (Å²) in [5.74, 6) is 0. The third kappa shape index (κ3) is 5.10. The second kappa shape index (κ2) is 13.8. The molecule has 0 nitrogen and oxygen atoms in total. The van der Waals surface area contributed by atoms with Crippen molar-refractivity contribution in [1.29, 1.82) is 0 Å². The molecule has 2 heterocycles.